The van der Waals surface area contributed by atoms with E-state index in [-0.39, 0.29) is 12.2 Å². The fourth-order valence-electron chi connectivity index (χ4n) is 10.4. The van der Waals surface area contributed by atoms with Gasteiger partial charge in [0.1, 0.15) is 23.0 Å². The number of hydrogen-bond acceptors (Lipinski definition) is 10. The maximum absolute atomic E-state index is 14.2. The highest BCUT2D eigenvalue weighted by atomic mass is 16.5. The van der Waals surface area contributed by atoms with Gasteiger partial charge in [0.25, 0.3) is 0 Å². The Morgan fingerprint density at radius 1 is 0.353 bits per heavy atom. The van der Waals surface area contributed by atoms with Crippen molar-refractivity contribution >= 4 is 56.2 Å². The number of hydrogen-bond donors (Lipinski definition) is 0. The average molecular weight is 1130 g/mol. The summed E-state index contributed by atoms with van der Waals surface area (Å²) < 4.78 is 25.0. The van der Waals surface area contributed by atoms with E-state index in [1.54, 1.807) is 36.4 Å². The van der Waals surface area contributed by atoms with E-state index in [0.29, 0.717) is 45.1 Å². The lowest BCUT2D eigenvalue weighted by molar-refractivity contribution is 0.0723. The minimum atomic E-state index is -0.534. The molecule has 0 unspecified atom stereocenters. The molecule has 0 radical (unpaired) electrons. The summed E-state index contributed by atoms with van der Waals surface area (Å²) in [5.41, 5.74) is 8.65. The Morgan fingerprint density at radius 3 is 1.04 bits per heavy atom. The van der Waals surface area contributed by atoms with E-state index in [1.165, 1.54) is 57.8 Å². The summed E-state index contributed by atoms with van der Waals surface area (Å²) in [5.74, 6) is 1.24. The molecule has 85 heavy (non-hydrogen) atoms. The van der Waals surface area contributed by atoms with Gasteiger partial charge < -0.3 is 18.9 Å². The van der Waals surface area contributed by atoms with Crippen LogP contribution in [0.15, 0.2) is 239 Å². The van der Waals surface area contributed by atoms with Crippen molar-refractivity contribution in [3.63, 3.8) is 0 Å². The number of fused-ring (bicyclic) bond motifs is 2. The number of azo groups is 2. The van der Waals surface area contributed by atoms with Crippen LogP contribution in [-0.4, -0.2) is 24.1 Å². The van der Waals surface area contributed by atoms with Crippen molar-refractivity contribution < 1.29 is 28.5 Å². The minimum absolute atomic E-state index is 0.163. The van der Waals surface area contributed by atoms with Gasteiger partial charge in [-0.2, -0.15) is 20.5 Å². The number of carbonyl (C=O) groups is 2. The summed E-state index contributed by atoms with van der Waals surface area (Å²) in [6.45, 7) is 8.70. The van der Waals surface area contributed by atoms with E-state index < -0.39 is 11.9 Å². The second kappa shape index (κ2) is 29.1. The third kappa shape index (κ3) is 15.8. The first kappa shape index (κ1) is 58.6. The number of benzene rings is 10. The second-order valence-electron chi connectivity index (χ2n) is 21.6. The Bertz CT molecular complexity index is 3880. The quantitative estimate of drug-likeness (QED) is 0.0230. The molecule has 10 heteroatoms. The van der Waals surface area contributed by atoms with Gasteiger partial charge in [0.2, 0.25) is 0 Å². The molecule has 0 N–H and O–H groups in total. The topological polar surface area (TPSA) is 121 Å². The lowest BCUT2D eigenvalue weighted by Crippen LogP contribution is -2.11. The van der Waals surface area contributed by atoms with Gasteiger partial charge in [-0.1, -0.05) is 168 Å². The van der Waals surface area contributed by atoms with Gasteiger partial charge >= 0.3 is 11.9 Å². The van der Waals surface area contributed by atoms with Crippen molar-refractivity contribution in [2.24, 2.45) is 20.5 Å². The largest absolute Gasteiger partial charge is 0.491 e. The summed E-state index contributed by atoms with van der Waals surface area (Å²) in [5, 5.41) is 21.3. The van der Waals surface area contributed by atoms with E-state index in [4.69, 9.17) is 18.9 Å². The van der Waals surface area contributed by atoms with E-state index in [2.05, 4.69) is 48.2 Å². The molecule has 0 aromatic heterocycles. The van der Waals surface area contributed by atoms with Crippen LogP contribution in [0.5, 0.6) is 23.0 Å². The number of rotatable bonds is 26. The SMILES string of the molecule is CCCCCCC[C@H](C)Oc1ccc(N=Nc2ccc(-c3ccc(C(=O)Oc4ccc5ccccc5c4-c4c(OC(=O)c5ccc(-c6ccc(N=Nc7ccc(O[C@@H](C)CCCCCC)cc7)cc6)cc5)ccc5ccccc45)cc3)cc2)cc1. The number of esters is 2. The number of carbonyl (C=O) groups excluding carboxylic acids is 2. The molecule has 10 nitrogen and oxygen atoms in total. The smallest absolute Gasteiger partial charge is 0.343 e. The third-order valence-electron chi connectivity index (χ3n) is 15.2. The van der Waals surface area contributed by atoms with Crippen molar-refractivity contribution in [2.75, 3.05) is 0 Å². The maximum atomic E-state index is 14.2. The van der Waals surface area contributed by atoms with Crippen LogP contribution in [0.2, 0.25) is 0 Å². The third-order valence-corrected chi connectivity index (χ3v) is 15.2. The lowest BCUT2D eigenvalue weighted by atomic mass is 9.92. The molecule has 0 fully saturated rings. The van der Waals surface area contributed by atoms with Gasteiger partial charge in [0.05, 0.1) is 46.1 Å². The summed E-state index contributed by atoms with van der Waals surface area (Å²) >= 11 is 0. The molecule has 0 aliphatic carbocycles. The van der Waals surface area contributed by atoms with Crippen LogP contribution in [0.3, 0.4) is 0 Å². The average Bonchev–Trinajstić information content (AvgIpc) is 3.58. The van der Waals surface area contributed by atoms with Crippen LogP contribution in [0.25, 0.3) is 54.9 Å². The minimum Gasteiger partial charge on any atom is -0.491 e. The molecule has 0 saturated heterocycles. The van der Waals surface area contributed by atoms with Gasteiger partial charge in [-0.25, -0.2) is 9.59 Å². The fourth-order valence-corrected chi connectivity index (χ4v) is 10.4. The molecule has 0 aliphatic rings. The Morgan fingerprint density at radius 2 is 0.671 bits per heavy atom. The molecule has 0 amide bonds. The van der Waals surface area contributed by atoms with Crippen molar-refractivity contribution in [3.05, 3.63) is 230 Å². The monoisotopic (exact) mass is 1120 g/mol. The molecule has 0 spiro atoms. The second-order valence-corrected chi connectivity index (χ2v) is 21.6. The standard InChI is InChI=1S/C75H72N4O6/c1-5-7-9-11-13-19-53(4)83-67-48-44-65(45-49-67)79-77-63-40-34-57(35-41-63)55-26-30-61(31-27-55)75(81)85-71-51-37-59-21-15-17-23-69(59)73(71)72-68-22-16-14-20-58(68)36-50-70(72)84-74(80)60-28-24-54(25-29-60)56-32-38-62(39-33-56)76-78-64-42-46-66(47-43-64)82-52(3)18-12-10-8-6-2/h14-17,20-53H,5-13,18-19H2,1-4H3/t52-,53-/m0/s1. The molecule has 10 aromatic rings. The molecular weight excluding hydrogens is 1050 g/mol. The van der Waals surface area contributed by atoms with E-state index in [9.17, 15) is 9.59 Å². The van der Waals surface area contributed by atoms with Gasteiger partial charge in [-0.05, 0) is 193 Å². The Balaban J connectivity index is 0.798. The van der Waals surface area contributed by atoms with Crippen LogP contribution in [-0.2, 0) is 0 Å². The predicted octanol–water partition coefficient (Wildman–Crippen LogP) is 22.1. The molecule has 2 atom stereocenters. The van der Waals surface area contributed by atoms with Crippen molar-refractivity contribution in [1.82, 2.24) is 0 Å². The van der Waals surface area contributed by atoms with Crippen LogP contribution >= 0.6 is 0 Å². The van der Waals surface area contributed by atoms with E-state index in [1.807, 2.05) is 182 Å². The number of ether oxygens (including phenoxy) is 4. The molecule has 0 aliphatic heterocycles. The first-order chi connectivity index (χ1) is 41.7. The summed E-state index contributed by atoms with van der Waals surface area (Å²) in [7, 11) is 0. The Hall–Kier alpha value is -9.54. The van der Waals surface area contributed by atoms with E-state index >= 15 is 0 Å². The molecule has 10 aromatic carbocycles. The Labute approximate surface area is 499 Å². The zero-order chi connectivity index (χ0) is 58.7. The summed E-state index contributed by atoms with van der Waals surface area (Å²) in [6.07, 6.45) is 13.6. The van der Waals surface area contributed by atoms with Gasteiger partial charge in [0.15, 0.2) is 0 Å². The molecular formula is C75H72N4O6. The first-order valence-electron chi connectivity index (χ1n) is 29.9. The van der Waals surface area contributed by atoms with Gasteiger partial charge in [-0.15, -0.1) is 0 Å². The van der Waals surface area contributed by atoms with Crippen LogP contribution in [0, 0.1) is 0 Å². The van der Waals surface area contributed by atoms with Gasteiger partial charge in [-0.3, -0.25) is 0 Å². The molecule has 428 valence electrons. The van der Waals surface area contributed by atoms with E-state index in [0.717, 1.165) is 79.5 Å². The molecule has 10 rings (SSSR count). The molecule has 0 saturated carbocycles. The maximum Gasteiger partial charge on any atom is 0.343 e. The summed E-state index contributed by atoms with van der Waals surface area (Å²) in [6, 6.07) is 69.0. The van der Waals surface area contributed by atoms with Gasteiger partial charge in [0, 0.05) is 11.1 Å². The van der Waals surface area contributed by atoms with Crippen LogP contribution in [0.1, 0.15) is 119 Å². The van der Waals surface area contributed by atoms with Crippen molar-refractivity contribution in [3.8, 4) is 56.4 Å². The lowest BCUT2D eigenvalue weighted by Gasteiger charge is -2.19. The van der Waals surface area contributed by atoms with Crippen LogP contribution < -0.4 is 18.9 Å². The summed E-state index contributed by atoms with van der Waals surface area (Å²) in [4.78, 5) is 28.4. The highest BCUT2D eigenvalue weighted by molar-refractivity contribution is 6.11. The Kier molecular flexibility index (Phi) is 20.1. The zero-order valence-corrected chi connectivity index (χ0v) is 49.0. The fraction of sp³-hybridized carbons (Fsp3) is 0.227. The van der Waals surface area contributed by atoms with Crippen LogP contribution in [0.4, 0.5) is 22.7 Å². The normalized spacial score (nSPS) is 12.2. The van der Waals surface area contributed by atoms with Crippen molar-refractivity contribution in [2.45, 2.75) is 111 Å². The highest BCUT2D eigenvalue weighted by Gasteiger charge is 2.23. The number of unbranched alkanes of at least 4 members (excludes halogenated alkanes) is 7. The first-order valence-corrected chi connectivity index (χ1v) is 29.9. The zero-order valence-electron chi connectivity index (χ0n) is 49.0. The highest BCUT2D eigenvalue weighted by Crippen LogP contribution is 2.46. The predicted molar refractivity (Wildman–Crippen MR) is 344 cm³/mol. The molecule has 0 heterocycles. The number of nitrogens with zero attached hydrogens (tertiary/aromatic N) is 4. The van der Waals surface area contributed by atoms with Crippen molar-refractivity contribution in [1.29, 1.82) is 0 Å². The molecule has 0 bridgehead atoms.